The van der Waals surface area contributed by atoms with Crippen LogP contribution in [0, 0.1) is 11.7 Å². The Balaban J connectivity index is 1.83. The minimum absolute atomic E-state index is 0.199. The van der Waals surface area contributed by atoms with Crippen LogP contribution in [-0.2, 0) is 0 Å². The first kappa shape index (κ1) is 14.8. The first-order chi connectivity index (χ1) is 9.06. The number of rotatable bonds is 4. The Morgan fingerprint density at radius 3 is 2.74 bits per heavy atom. The van der Waals surface area contributed by atoms with Gasteiger partial charge in [-0.2, -0.15) is 0 Å². The minimum atomic E-state index is -0.354. The average Bonchev–Trinajstić information content (AvgIpc) is 2.41. The number of halogens is 2. The van der Waals surface area contributed by atoms with E-state index in [1.165, 1.54) is 32.0 Å². The quantitative estimate of drug-likeness (QED) is 0.911. The maximum atomic E-state index is 13.1. The predicted octanol–water partition coefficient (Wildman–Crippen LogP) is 3.47. The van der Waals surface area contributed by atoms with Gasteiger partial charge in [0.15, 0.2) is 0 Å². The number of nitrogens with one attached hydrogen (secondary N) is 1. The smallest absolute Gasteiger partial charge is 0.141 e. The number of piperidine rings is 1. The maximum absolute atomic E-state index is 13.1. The molecule has 0 amide bonds. The van der Waals surface area contributed by atoms with E-state index in [4.69, 9.17) is 11.6 Å². The lowest BCUT2D eigenvalue weighted by molar-refractivity contribution is 0.213. The molecule has 1 unspecified atom stereocenters. The van der Waals surface area contributed by atoms with Gasteiger partial charge in [-0.05, 0) is 70.1 Å². The van der Waals surface area contributed by atoms with E-state index in [1.54, 1.807) is 12.1 Å². The standard InChI is InChI=1S/C15H22ClFN2/c1-11(13-3-4-15(17)14(16)9-13)18-10-12-5-7-19(2)8-6-12/h3-4,9,11-12,18H,5-8,10H2,1-2H3. The van der Waals surface area contributed by atoms with Crippen molar-refractivity contribution in [1.82, 2.24) is 10.2 Å². The van der Waals surface area contributed by atoms with Gasteiger partial charge < -0.3 is 10.2 Å². The fourth-order valence-electron chi connectivity index (χ4n) is 2.51. The fourth-order valence-corrected chi connectivity index (χ4v) is 2.70. The van der Waals surface area contributed by atoms with E-state index < -0.39 is 0 Å². The van der Waals surface area contributed by atoms with Gasteiger partial charge in [0.2, 0.25) is 0 Å². The number of hydrogen-bond acceptors (Lipinski definition) is 2. The highest BCUT2D eigenvalue weighted by Gasteiger charge is 2.17. The maximum Gasteiger partial charge on any atom is 0.141 e. The number of benzene rings is 1. The van der Waals surface area contributed by atoms with Gasteiger partial charge in [-0.25, -0.2) is 4.39 Å². The van der Waals surface area contributed by atoms with Gasteiger partial charge in [-0.1, -0.05) is 17.7 Å². The summed E-state index contributed by atoms with van der Waals surface area (Å²) < 4.78 is 13.1. The Morgan fingerprint density at radius 2 is 2.11 bits per heavy atom. The van der Waals surface area contributed by atoms with Crippen LogP contribution >= 0.6 is 11.6 Å². The molecule has 0 radical (unpaired) electrons. The van der Waals surface area contributed by atoms with Crippen LogP contribution in [0.25, 0.3) is 0 Å². The summed E-state index contributed by atoms with van der Waals surface area (Å²) in [5, 5.41) is 3.73. The van der Waals surface area contributed by atoms with E-state index in [-0.39, 0.29) is 16.9 Å². The molecule has 19 heavy (non-hydrogen) atoms. The zero-order valence-corrected chi connectivity index (χ0v) is 12.4. The molecule has 0 saturated carbocycles. The summed E-state index contributed by atoms with van der Waals surface area (Å²) in [6.45, 7) is 5.48. The molecule has 1 aliphatic heterocycles. The third-order valence-corrected chi connectivity index (χ3v) is 4.28. The second-order valence-corrected chi connectivity index (χ2v) is 5.96. The third kappa shape index (κ3) is 4.16. The molecule has 1 aromatic carbocycles. The topological polar surface area (TPSA) is 15.3 Å². The van der Waals surface area contributed by atoms with Crippen LogP contribution in [0.1, 0.15) is 31.4 Å². The van der Waals surface area contributed by atoms with Crippen molar-refractivity contribution in [2.24, 2.45) is 5.92 Å². The molecule has 2 rings (SSSR count). The van der Waals surface area contributed by atoms with E-state index in [2.05, 4.69) is 24.2 Å². The molecule has 0 aliphatic carbocycles. The Hall–Kier alpha value is -0.640. The van der Waals surface area contributed by atoms with Crippen molar-refractivity contribution >= 4 is 11.6 Å². The van der Waals surface area contributed by atoms with E-state index in [0.717, 1.165) is 18.0 Å². The Kier molecular flexibility index (Phi) is 5.20. The highest BCUT2D eigenvalue weighted by molar-refractivity contribution is 6.30. The van der Waals surface area contributed by atoms with Gasteiger partial charge in [0, 0.05) is 6.04 Å². The van der Waals surface area contributed by atoms with Crippen molar-refractivity contribution in [2.75, 3.05) is 26.7 Å². The predicted molar refractivity (Wildman–Crippen MR) is 78.0 cm³/mol. The van der Waals surface area contributed by atoms with Crippen LogP contribution < -0.4 is 5.32 Å². The second-order valence-electron chi connectivity index (χ2n) is 5.55. The Morgan fingerprint density at radius 1 is 1.42 bits per heavy atom. The molecular formula is C15H22ClFN2. The Bertz CT molecular complexity index is 417. The highest BCUT2D eigenvalue weighted by Crippen LogP contribution is 2.22. The molecule has 106 valence electrons. The molecule has 1 saturated heterocycles. The SMILES string of the molecule is CC(NCC1CCN(C)CC1)c1ccc(F)c(Cl)c1. The van der Waals surface area contributed by atoms with E-state index in [1.807, 2.05) is 0 Å². The van der Waals surface area contributed by atoms with E-state index in [9.17, 15) is 4.39 Å². The van der Waals surface area contributed by atoms with E-state index in [0.29, 0.717) is 0 Å². The Labute approximate surface area is 119 Å². The lowest BCUT2D eigenvalue weighted by Crippen LogP contribution is -2.35. The van der Waals surface area contributed by atoms with Crippen molar-refractivity contribution < 1.29 is 4.39 Å². The van der Waals surface area contributed by atoms with Crippen molar-refractivity contribution in [3.8, 4) is 0 Å². The summed E-state index contributed by atoms with van der Waals surface area (Å²) in [5.41, 5.74) is 1.04. The van der Waals surface area contributed by atoms with Crippen molar-refractivity contribution in [1.29, 1.82) is 0 Å². The molecule has 2 nitrogen and oxygen atoms in total. The van der Waals surface area contributed by atoms with Gasteiger partial charge >= 0.3 is 0 Å². The van der Waals surface area contributed by atoms with Crippen molar-refractivity contribution in [3.05, 3.63) is 34.6 Å². The summed E-state index contributed by atoms with van der Waals surface area (Å²) in [7, 11) is 2.17. The molecule has 1 heterocycles. The zero-order valence-electron chi connectivity index (χ0n) is 11.6. The van der Waals surface area contributed by atoms with Gasteiger partial charge in [0.1, 0.15) is 5.82 Å². The van der Waals surface area contributed by atoms with Gasteiger partial charge in [0.25, 0.3) is 0 Å². The zero-order chi connectivity index (χ0) is 13.8. The van der Waals surface area contributed by atoms with Crippen LogP contribution in [0.3, 0.4) is 0 Å². The van der Waals surface area contributed by atoms with Crippen molar-refractivity contribution in [3.63, 3.8) is 0 Å². The fraction of sp³-hybridized carbons (Fsp3) is 0.600. The summed E-state index contributed by atoms with van der Waals surface area (Å²) in [6, 6.07) is 5.15. The van der Waals surface area contributed by atoms with E-state index >= 15 is 0 Å². The molecule has 1 fully saturated rings. The normalized spacial score (nSPS) is 19.6. The number of hydrogen-bond donors (Lipinski definition) is 1. The van der Waals surface area contributed by atoms with Crippen LogP contribution in [0.4, 0.5) is 4.39 Å². The molecule has 1 aromatic rings. The molecule has 0 aromatic heterocycles. The average molecular weight is 285 g/mol. The van der Waals surface area contributed by atoms with Gasteiger partial charge in [0.05, 0.1) is 5.02 Å². The molecule has 0 spiro atoms. The lowest BCUT2D eigenvalue weighted by atomic mass is 9.96. The molecule has 1 aliphatic rings. The molecule has 4 heteroatoms. The summed E-state index contributed by atoms with van der Waals surface area (Å²) in [6.07, 6.45) is 2.50. The highest BCUT2D eigenvalue weighted by atomic mass is 35.5. The minimum Gasteiger partial charge on any atom is -0.310 e. The monoisotopic (exact) mass is 284 g/mol. The largest absolute Gasteiger partial charge is 0.310 e. The van der Waals surface area contributed by atoms with Crippen LogP contribution in [0.5, 0.6) is 0 Å². The molecular weight excluding hydrogens is 263 g/mol. The summed E-state index contributed by atoms with van der Waals surface area (Å²) >= 11 is 5.81. The summed E-state index contributed by atoms with van der Waals surface area (Å²) in [4.78, 5) is 2.37. The first-order valence-corrected chi connectivity index (χ1v) is 7.31. The number of likely N-dealkylation sites (tertiary alicyclic amines) is 1. The first-order valence-electron chi connectivity index (χ1n) is 6.93. The van der Waals surface area contributed by atoms with Crippen LogP contribution in [0.2, 0.25) is 5.02 Å². The van der Waals surface area contributed by atoms with Gasteiger partial charge in [-0.3, -0.25) is 0 Å². The van der Waals surface area contributed by atoms with Crippen molar-refractivity contribution in [2.45, 2.75) is 25.8 Å². The second kappa shape index (κ2) is 6.69. The van der Waals surface area contributed by atoms with Crippen LogP contribution in [-0.4, -0.2) is 31.6 Å². The molecule has 0 bridgehead atoms. The third-order valence-electron chi connectivity index (χ3n) is 3.99. The molecule has 1 N–H and O–H groups in total. The number of nitrogens with zero attached hydrogens (tertiary/aromatic N) is 1. The summed E-state index contributed by atoms with van der Waals surface area (Å²) in [5.74, 6) is 0.391. The molecule has 1 atom stereocenters. The lowest BCUT2D eigenvalue weighted by Gasteiger charge is -2.30. The van der Waals surface area contributed by atoms with Crippen LogP contribution in [0.15, 0.2) is 18.2 Å². The van der Waals surface area contributed by atoms with Gasteiger partial charge in [-0.15, -0.1) is 0 Å².